The number of likely N-dealkylation sites (tertiary alicyclic amines) is 1. The van der Waals surface area contributed by atoms with Gasteiger partial charge in [-0.05, 0) is 24.5 Å². The Morgan fingerprint density at radius 1 is 1.65 bits per heavy atom. The van der Waals surface area contributed by atoms with E-state index in [4.69, 9.17) is 9.47 Å². The van der Waals surface area contributed by atoms with Crippen LogP contribution in [0, 0.1) is 0 Å². The molecule has 5 heteroatoms. The summed E-state index contributed by atoms with van der Waals surface area (Å²) in [4.78, 5) is 18.3. The topological polar surface area (TPSA) is 51.7 Å². The van der Waals surface area contributed by atoms with Crippen molar-refractivity contribution in [1.29, 1.82) is 0 Å². The minimum atomic E-state index is -0.278. The molecule has 2 atom stereocenters. The van der Waals surface area contributed by atoms with Gasteiger partial charge in [0.2, 0.25) is 5.91 Å². The van der Waals surface area contributed by atoms with E-state index < -0.39 is 0 Å². The molecule has 0 saturated carbocycles. The lowest BCUT2D eigenvalue weighted by Gasteiger charge is -2.27. The fraction of sp³-hybridized carbons (Fsp3) is 0.600. The van der Waals surface area contributed by atoms with E-state index in [2.05, 4.69) is 4.98 Å². The molecule has 1 amide bonds. The molecule has 3 heterocycles. The number of pyridine rings is 1. The van der Waals surface area contributed by atoms with Crippen LogP contribution in [0.2, 0.25) is 0 Å². The molecular formula is C15H20N2O3. The summed E-state index contributed by atoms with van der Waals surface area (Å²) >= 11 is 0. The van der Waals surface area contributed by atoms with E-state index in [9.17, 15) is 4.79 Å². The third-order valence-electron chi connectivity index (χ3n) is 4.28. The van der Waals surface area contributed by atoms with Gasteiger partial charge in [0.1, 0.15) is 11.7 Å². The summed E-state index contributed by atoms with van der Waals surface area (Å²) in [6, 6.07) is 3.78. The number of methoxy groups -OCH3 is 1. The number of carbonyl (C=O) groups excluding carboxylic acids is 1. The van der Waals surface area contributed by atoms with Crippen molar-refractivity contribution in [2.45, 2.75) is 31.0 Å². The number of ether oxygens (including phenoxy) is 2. The fourth-order valence-electron chi connectivity index (χ4n) is 3.22. The first-order chi connectivity index (χ1) is 9.73. The summed E-state index contributed by atoms with van der Waals surface area (Å²) in [5.74, 6) is 0.118. The summed E-state index contributed by atoms with van der Waals surface area (Å²) in [6.45, 7) is 2.03. The highest BCUT2D eigenvalue weighted by molar-refractivity contribution is 5.79. The molecule has 0 N–H and O–H groups in total. The van der Waals surface area contributed by atoms with Crippen molar-refractivity contribution >= 4 is 5.91 Å². The third kappa shape index (κ3) is 2.43. The van der Waals surface area contributed by atoms with Crippen LogP contribution in [0.3, 0.4) is 0 Å². The van der Waals surface area contributed by atoms with Gasteiger partial charge in [-0.25, -0.2) is 0 Å². The van der Waals surface area contributed by atoms with E-state index in [0.717, 1.165) is 25.0 Å². The van der Waals surface area contributed by atoms with Gasteiger partial charge in [-0.15, -0.1) is 0 Å². The highest BCUT2D eigenvalue weighted by atomic mass is 16.6. The molecule has 0 radical (unpaired) electrons. The van der Waals surface area contributed by atoms with Gasteiger partial charge in [-0.2, -0.15) is 0 Å². The number of hydrogen-bond donors (Lipinski definition) is 0. The maximum atomic E-state index is 12.4. The first-order valence-corrected chi connectivity index (χ1v) is 7.07. The number of carbonyl (C=O) groups is 1. The zero-order valence-electron chi connectivity index (χ0n) is 11.7. The van der Waals surface area contributed by atoms with Crippen LogP contribution < -0.4 is 0 Å². The average Bonchev–Trinajstić information content (AvgIpc) is 3.08. The summed E-state index contributed by atoms with van der Waals surface area (Å²) in [5, 5.41) is 0. The van der Waals surface area contributed by atoms with Gasteiger partial charge in [-0.1, -0.05) is 6.07 Å². The van der Waals surface area contributed by atoms with E-state index in [1.807, 2.05) is 17.0 Å². The van der Waals surface area contributed by atoms with Gasteiger partial charge in [0.15, 0.2) is 0 Å². The molecular weight excluding hydrogens is 256 g/mol. The van der Waals surface area contributed by atoms with Crippen molar-refractivity contribution < 1.29 is 14.3 Å². The summed E-state index contributed by atoms with van der Waals surface area (Å²) in [6.07, 6.45) is 5.85. The fourth-order valence-corrected chi connectivity index (χ4v) is 3.22. The van der Waals surface area contributed by atoms with Crippen molar-refractivity contribution in [2.75, 3.05) is 26.8 Å². The van der Waals surface area contributed by atoms with E-state index in [1.54, 1.807) is 19.5 Å². The Kier molecular flexibility index (Phi) is 3.72. The Bertz CT molecular complexity index is 471. The Morgan fingerprint density at radius 2 is 2.55 bits per heavy atom. The largest absolute Gasteiger partial charge is 0.377 e. The molecule has 0 bridgehead atoms. The van der Waals surface area contributed by atoms with E-state index in [-0.39, 0.29) is 17.6 Å². The molecule has 2 aliphatic rings. The molecule has 2 aliphatic heterocycles. The van der Waals surface area contributed by atoms with E-state index >= 15 is 0 Å². The highest BCUT2D eigenvalue weighted by Crippen LogP contribution is 2.36. The molecule has 0 aliphatic carbocycles. The lowest BCUT2D eigenvalue weighted by molar-refractivity contribution is -0.130. The number of amides is 1. The van der Waals surface area contributed by atoms with Gasteiger partial charge in [0, 0.05) is 32.7 Å². The Labute approximate surface area is 118 Å². The number of nitrogens with zero attached hydrogens (tertiary/aromatic N) is 2. The quantitative estimate of drug-likeness (QED) is 0.827. The maximum Gasteiger partial charge on any atom is 0.227 e. The van der Waals surface area contributed by atoms with Gasteiger partial charge >= 0.3 is 0 Å². The van der Waals surface area contributed by atoms with Crippen LogP contribution in [0.25, 0.3) is 0 Å². The van der Waals surface area contributed by atoms with Crippen molar-refractivity contribution in [3.63, 3.8) is 0 Å². The van der Waals surface area contributed by atoms with Crippen LogP contribution in [-0.2, 0) is 20.7 Å². The second-order valence-electron chi connectivity index (χ2n) is 5.55. The second-order valence-corrected chi connectivity index (χ2v) is 5.55. The molecule has 2 fully saturated rings. The Balaban J connectivity index is 1.68. The molecule has 0 unspecified atom stereocenters. The Hall–Kier alpha value is -1.46. The van der Waals surface area contributed by atoms with Crippen molar-refractivity contribution in [1.82, 2.24) is 9.88 Å². The zero-order chi connectivity index (χ0) is 14.0. The highest BCUT2D eigenvalue weighted by Gasteiger charge is 2.51. The van der Waals surface area contributed by atoms with Crippen LogP contribution >= 0.6 is 0 Å². The standard InChI is InChI=1S/C15H20N2O3/c1-19-13-10-17(11-15(13)5-3-7-20-15)14(18)8-12-4-2-6-16-9-12/h2,4,6,9,13H,3,5,7-8,10-11H2,1H3/t13-,15-/m0/s1. The molecule has 5 nitrogen and oxygen atoms in total. The third-order valence-corrected chi connectivity index (χ3v) is 4.28. The molecule has 1 aromatic heterocycles. The van der Waals surface area contributed by atoms with Gasteiger partial charge in [-0.3, -0.25) is 9.78 Å². The van der Waals surface area contributed by atoms with Gasteiger partial charge in [0.05, 0.1) is 13.0 Å². The van der Waals surface area contributed by atoms with Crippen LogP contribution in [0.4, 0.5) is 0 Å². The maximum absolute atomic E-state index is 12.4. The number of rotatable bonds is 3. The lowest BCUT2D eigenvalue weighted by Crippen LogP contribution is -2.42. The smallest absolute Gasteiger partial charge is 0.227 e. The van der Waals surface area contributed by atoms with Crippen LogP contribution in [0.15, 0.2) is 24.5 Å². The predicted octanol–water partition coefficient (Wildman–Crippen LogP) is 1.03. The Morgan fingerprint density at radius 3 is 3.20 bits per heavy atom. The number of aromatic nitrogens is 1. The molecule has 3 rings (SSSR count). The SMILES string of the molecule is CO[C@H]1CN(C(=O)Cc2cccnc2)C[C@@]12CCCO2. The van der Waals surface area contributed by atoms with Gasteiger partial charge in [0.25, 0.3) is 0 Å². The predicted molar refractivity (Wildman–Crippen MR) is 73.2 cm³/mol. The number of hydrogen-bond acceptors (Lipinski definition) is 4. The lowest BCUT2D eigenvalue weighted by atomic mass is 9.96. The van der Waals surface area contributed by atoms with Crippen LogP contribution in [0.5, 0.6) is 0 Å². The molecule has 108 valence electrons. The van der Waals surface area contributed by atoms with Crippen LogP contribution in [0.1, 0.15) is 18.4 Å². The first-order valence-electron chi connectivity index (χ1n) is 7.07. The van der Waals surface area contributed by atoms with E-state index in [0.29, 0.717) is 19.5 Å². The van der Waals surface area contributed by atoms with E-state index in [1.165, 1.54) is 0 Å². The summed E-state index contributed by atoms with van der Waals surface area (Å²) in [5.41, 5.74) is 0.666. The monoisotopic (exact) mass is 276 g/mol. The van der Waals surface area contributed by atoms with Crippen molar-refractivity contribution in [3.8, 4) is 0 Å². The first kappa shape index (κ1) is 13.5. The second kappa shape index (κ2) is 5.50. The summed E-state index contributed by atoms with van der Waals surface area (Å²) in [7, 11) is 1.70. The summed E-state index contributed by atoms with van der Waals surface area (Å²) < 4.78 is 11.5. The van der Waals surface area contributed by atoms with Crippen molar-refractivity contribution in [3.05, 3.63) is 30.1 Å². The average molecular weight is 276 g/mol. The molecule has 2 saturated heterocycles. The normalized spacial score (nSPS) is 29.2. The molecule has 1 aromatic rings. The molecule has 20 heavy (non-hydrogen) atoms. The van der Waals surface area contributed by atoms with Gasteiger partial charge < -0.3 is 14.4 Å². The van der Waals surface area contributed by atoms with Crippen LogP contribution in [-0.4, -0.2) is 54.3 Å². The minimum Gasteiger partial charge on any atom is -0.377 e. The zero-order valence-corrected chi connectivity index (χ0v) is 11.7. The molecule has 1 spiro atoms. The molecule has 0 aromatic carbocycles. The van der Waals surface area contributed by atoms with Crippen molar-refractivity contribution in [2.24, 2.45) is 0 Å². The minimum absolute atomic E-state index is 0.0113.